The highest BCUT2D eigenvalue weighted by Crippen LogP contribution is 2.23. The zero-order valence-corrected chi connectivity index (χ0v) is 11.0. The van der Waals surface area contributed by atoms with Crippen molar-refractivity contribution >= 4 is 16.9 Å². The van der Waals surface area contributed by atoms with E-state index in [4.69, 9.17) is 20.0 Å². The van der Waals surface area contributed by atoms with Gasteiger partial charge in [-0.2, -0.15) is 0 Å². The van der Waals surface area contributed by atoms with Crippen molar-refractivity contribution in [3.63, 3.8) is 0 Å². The van der Waals surface area contributed by atoms with E-state index in [1.165, 1.54) is 6.07 Å². The topological polar surface area (TPSA) is 103 Å². The first kappa shape index (κ1) is 14.1. The summed E-state index contributed by atoms with van der Waals surface area (Å²) in [5.74, 6) is -0.528. The van der Waals surface area contributed by atoms with Crippen LogP contribution in [0.25, 0.3) is 11.0 Å². The lowest BCUT2D eigenvalue weighted by atomic mass is 10.0. The molecule has 1 aromatic heterocycles. The van der Waals surface area contributed by atoms with E-state index >= 15 is 0 Å². The highest BCUT2D eigenvalue weighted by Gasteiger charge is 2.15. The zero-order chi connectivity index (χ0) is 14.7. The fourth-order valence-corrected chi connectivity index (χ4v) is 1.96. The molecule has 6 nitrogen and oxygen atoms in total. The van der Waals surface area contributed by atoms with Crippen LogP contribution < -0.4 is 16.1 Å². The number of aliphatic carboxylic acids is 1. The lowest BCUT2D eigenvalue weighted by Crippen LogP contribution is -2.32. The fraction of sp³-hybridized carbons (Fsp3) is 0.286. The summed E-state index contributed by atoms with van der Waals surface area (Å²) in [7, 11) is 0. The van der Waals surface area contributed by atoms with Crippen LogP contribution in [0.1, 0.15) is 12.5 Å². The monoisotopic (exact) mass is 277 g/mol. The van der Waals surface area contributed by atoms with Gasteiger partial charge in [-0.05, 0) is 31.0 Å². The largest absolute Gasteiger partial charge is 0.494 e. The van der Waals surface area contributed by atoms with E-state index in [0.717, 1.165) is 0 Å². The molecule has 0 spiro atoms. The number of hydrogen-bond acceptors (Lipinski definition) is 5. The van der Waals surface area contributed by atoms with E-state index in [0.29, 0.717) is 28.9 Å². The van der Waals surface area contributed by atoms with Gasteiger partial charge in [0.15, 0.2) is 0 Å². The normalized spacial score (nSPS) is 12.3. The minimum Gasteiger partial charge on any atom is -0.494 e. The van der Waals surface area contributed by atoms with Gasteiger partial charge in [-0.25, -0.2) is 4.79 Å². The van der Waals surface area contributed by atoms with Gasteiger partial charge in [0.25, 0.3) is 0 Å². The highest BCUT2D eigenvalue weighted by molar-refractivity contribution is 5.83. The van der Waals surface area contributed by atoms with Crippen LogP contribution in [0.3, 0.4) is 0 Å². The van der Waals surface area contributed by atoms with Gasteiger partial charge in [0, 0.05) is 17.5 Å². The van der Waals surface area contributed by atoms with Crippen molar-refractivity contribution in [3.05, 3.63) is 40.2 Å². The summed E-state index contributed by atoms with van der Waals surface area (Å²) in [5, 5.41) is 9.51. The zero-order valence-electron chi connectivity index (χ0n) is 11.0. The first-order valence-electron chi connectivity index (χ1n) is 6.19. The van der Waals surface area contributed by atoms with Crippen LogP contribution in [-0.2, 0) is 11.2 Å². The molecule has 0 bridgehead atoms. The van der Waals surface area contributed by atoms with Crippen molar-refractivity contribution in [3.8, 4) is 5.75 Å². The molecule has 2 rings (SSSR count). The maximum Gasteiger partial charge on any atom is 0.336 e. The van der Waals surface area contributed by atoms with Gasteiger partial charge in [0.2, 0.25) is 0 Å². The summed E-state index contributed by atoms with van der Waals surface area (Å²) in [6, 6.07) is 5.28. The molecule has 106 valence electrons. The summed E-state index contributed by atoms with van der Waals surface area (Å²) < 4.78 is 10.4. The first-order valence-corrected chi connectivity index (χ1v) is 6.19. The summed E-state index contributed by atoms with van der Waals surface area (Å²) in [5.41, 5.74) is 5.88. The van der Waals surface area contributed by atoms with E-state index in [9.17, 15) is 9.59 Å². The summed E-state index contributed by atoms with van der Waals surface area (Å²) in [6.45, 7) is 2.35. The van der Waals surface area contributed by atoms with Crippen molar-refractivity contribution in [1.82, 2.24) is 0 Å². The number of benzene rings is 1. The molecule has 3 N–H and O–H groups in total. The average Bonchev–Trinajstić information content (AvgIpc) is 2.38. The number of nitrogens with two attached hydrogens (primary N) is 1. The number of rotatable bonds is 5. The van der Waals surface area contributed by atoms with Gasteiger partial charge < -0.3 is 20.0 Å². The van der Waals surface area contributed by atoms with Crippen molar-refractivity contribution in [1.29, 1.82) is 0 Å². The van der Waals surface area contributed by atoms with E-state index in [1.54, 1.807) is 18.2 Å². The van der Waals surface area contributed by atoms with Gasteiger partial charge >= 0.3 is 11.6 Å². The maximum atomic E-state index is 11.5. The van der Waals surface area contributed by atoms with Crippen LogP contribution >= 0.6 is 0 Å². The third-order valence-corrected chi connectivity index (χ3v) is 2.87. The van der Waals surface area contributed by atoms with E-state index < -0.39 is 17.6 Å². The number of carboxylic acid groups (broad SMARTS) is 1. The second-order valence-electron chi connectivity index (χ2n) is 4.33. The molecule has 0 aliphatic carbocycles. The Balaban J connectivity index is 2.49. The molecule has 0 fully saturated rings. The molecule has 0 unspecified atom stereocenters. The molecule has 0 amide bonds. The lowest BCUT2D eigenvalue weighted by molar-refractivity contribution is -0.138. The Morgan fingerprint density at radius 3 is 2.85 bits per heavy atom. The molecule has 20 heavy (non-hydrogen) atoms. The number of hydrogen-bond donors (Lipinski definition) is 2. The van der Waals surface area contributed by atoms with Crippen molar-refractivity contribution in [2.45, 2.75) is 19.4 Å². The second kappa shape index (κ2) is 5.75. The van der Waals surface area contributed by atoms with Crippen molar-refractivity contribution < 1.29 is 19.1 Å². The van der Waals surface area contributed by atoms with Crippen molar-refractivity contribution in [2.24, 2.45) is 5.73 Å². The summed E-state index contributed by atoms with van der Waals surface area (Å²) in [6.07, 6.45) is 0.0609. The Kier molecular flexibility index (Phi) is 4.05. The van der Waals surface area contributed by atoms with Gasteiger partial charge in [-0.3, -0.25) is 4.79 Å². The van der Waals surface area contributed by atoms with Gasteiger partial charge in [0.05, 0.1) is 6.61 Å². The Morgan fingerprint density at radius 1 is 1.45 bits per heavy atom. The van der Waals surface area contributed by atoms with Gasteiger partial charge in [0.1, 0.15) is 17.4 Å². The van der Waals surface area contributed by atoms with Gasteiger partial charge in [-0.1, -0.05) is 0 Å². The number of carboxylic acids is 1. The average molecular weight is 277 g/mol. The van der Waals surface area contributed by atoms with Crippen LogP contribution in [-0.4, -0.2) is 23.7 Å². The third kappa shape index (κ3) is 2.97. The third-order valence-electron chi connectivity index (χ3n) is 2.87. The molecule has 0 aliphatic rings. The molecule has 0 saturated heterocycles. The standard InChI is InChI=1S/C14H15NO5/c1-2-19-9-3-4-10-8(5-11(15)14(17)18)6-13(16)20-12(10)7-9/h3-4,6-7,11H,2,5,15H2,1H3,(H,17,18)/t11-/m0/s1. The molecule has 1 aromatic carbocycles. The predicted octanol–water partition coefficient (Wildman–Crippen LogP) is 1.15. The maximum absolute atomic E-state index is 11.5. The Morgan fingerprint density at radius 2 is 2.20 bits per heavy atom. The smallest absolute Gasteiger partial charge is 0.336 e. The minimum atomic E-state index is -1.11. The Hall–Kier alpha value is -2.34. The quantitative estimate of drug-likeness (QED) is 0.794. The Labute approximate surface area is 114 Å². The lowest BCUT2D eigenvalue weighted by Gasteiger charge is -2.09. The predicted molar refractivity (Wildman–Crippen MR) is 73.0 cm³/mol. The SMILES string of the molecule is CCOc1ccc2c(C[C@H](N)C(=O)O)cc(=O)oc2c1. The highest BCUT2D eigenvalue weighted by atomic mass is 16.5. The molecule has 0 aliphatic heterocycles. The molecule has 6 heteroatoms. The minimum absolute atomic E-state index is 0.0609. The summed E-state index contributed by atoms with van der Waals surface area (Å²) >= 11 is 0. The molecule has 0 saturated carbocycles. The van der Waals surface area contributed by atoms with Crippen LogP contribution in [0.2, 0.25) is 0 Å². The molecule has 1 atom stereocenters. The number of ether oxygens (including phenoxy) is 1. The Bertz CT molecular complexity index is 692. The molecule has 1 heterocycles. The van der Waals surface area contributed by atoms with Gasteiger partial charge in [-0.15, -0.1) is 0 Å². The molecular weight excluding hydrogens is 262 g/mol. The first-order chi connectivity index (χ1) is 9.51. The van der Waals surface area contributed by atoms with E-state index in [2.05, 4.69) is 0 Å². The van der Waals surface area contributed by atoms with Crippen LogP contribution in [0, 0.1) is 0 Å². The number of carbonyl (C=O) groups is 1. The van der Waals surface area contributed by atoms with Crippen molar-refractivity contribution in [2.75, 3.05) is 6.61 Å². The second-order valence-corrected chi connectivity index (χ2v) is 4.33. The van der Waals surface area contributed by atoms with Crippen LogP contribution in [0.5, 0.6) is 5.75 Å². The van der Waals surface area contributed by atoms with Crippen LogP contribution in [0.4, 0.5) is 0 Å². The van der Waals surface area contributed by atoms with E-state index in [-0.39, 0.29) is 6.42 Å². The molecular formula is C14H15NO5. The van der Waals surface area contributed by atoms with Crippen LogP contribution in [0.15, 0.2) is 33.5 Å². The summed E-state index contributed by atoms with van der Waals surface area (Å²) in [4.78, 5) is 22.3. The molecule has 2 aromatic rings. The molecule has 0 radical (unpaired) electrons. The number of fused-ring (bicyclic) bond motifs is 1. The van der Waals surface area contributed by atoms with E-state index in [1.807, 2.05) is 6.92 Å². The fourth-order valence-electron chi connectivity index (χ4n) is 1.96.